The Bertz CT molecular complexity index is 1490. The number of carbonyl (C=O) groups excluding carboxylic acids is 1. The van der Waals surface area contributed by atoms with E-state index in [9.17, 15) is 15.2 Å². The van der Waals surface area contributed by atoms with Crippen molar-refractivity contribution < 1.29 is 14.6 Å². The van der Waals surface area contributed by atoms with E-state index in [-0.39, 0.29) is 11.5 Å². The molecule has 8 rings (SSSR count). The summed E-state index contributed by atoms with van der Waals surface area (Å²) in [5.74, 6) is 1.19. The quantitative estimate of drug-likeness (QED) is 0.636. The minimum absolute atomic E-state index is 0.00684. The van der Waals surface area contributed by atoms with E-state index in [4.69, 9.17) is 15.5 Å². The summed E-state index contributed by atoms with van der Waals surface area (Å²) < 4.78 is 5.34. The van der Waals surface area contributed by atoms with Crippen molar-refractivity contribution in [3.63, 3.8) is 0 Å². The topological polar surface area (TPSA) is 115 Å². The lowest BCUT2D eigenvalue weighted by Crippen LogP contribution is -2.40. The summed E-state index contributed by atoms with van der Waals surface area (Å²) >= 11 is 1.71. The molecule has 36 heavy (non-hydrogen) atoms. The van der Waals surface area contributed by atoms with Crippen LogP contribution in [-0.2, 0) is 4.79 Å². The molecule has 0 radical (unpaired) electrons. The molecule has 1 aliphatic carbocycles. The van der Waals surface area contributed by atoms with Gasteiger partial charge >= 0.3 is 0 Å². The van der Waals surface area contributed by atoms with Crippen LogP contribution in [-0.4, -0.2) is 36.9 Å². The Morgan fingerprint density at radius 2 is 2.06 bits per heavy atom. The highest BCUT2D eigenvalue weighted by molar-refractivity contribution is 7.21. The fourth-order valence-electron chi connectivity index (χ4n) is 6.56. The largest absolute Gasteiger partial charge is 0.504 e. The van der Waals surface area contributed by atoms with E-state index >= 15 is 0 Å². The fourth-order valence-corrected chi connectivity index (χ4v) is 8.04. The van der Waals surface area contributed by atoms with Gasteiger partial charge in [0.25, 0.3) is 0 Å². The number of carbonyl (C=O) groups is 1. The lowest BCUT2D eigenvalue weighted by molar-refractivity contribution is -0.116. The molecule has 1 unspecified atom stereocenters. The van der Waals surface area contributed by atoms with E-state index in [1.165, 1.54) is 17.7 Å². The fraction of sp³-hybridized carbons (Fsp3) is 0.370. The Hall–Kier alpha value is -3.77. The smallest absolute Gasteiger partial charge is 0.161 e. The predicted molar refractivity (Wildman–Crippen MR) is 138 cm³/mol. The molecule has 0 amide bonds. The maximum Gasteiger partial charge on any atom is 0.161 e. The third-order valence-electron chi connectivity index (χ3n) is 8.17. The van der Waals surface area contributed by atoms with Crippen molar-refractivity contribution in [2.45, 2.75) is 43.9 Å². The normalized spacial score (nSPS) is 22.6. The average Bonchev–Trinajstić information content (AvgIpc) is 3.32. The van der Waals surface area contributed by atoms with E-state index in [1.54, 1.807) is 29.5 Å². The second kappa shape index (κ2) is 7.61. The van der Waals surface area contributed by atoms with Crippen LogP contribution >= 0.6 is 11.3 Å². The van der Waals surface area contributed by atoms with Gasteiger partial charge in [-0.3, -0.25) is 9.69 Å². The van der Waals surface area contributed by atoms with Gasteiger partial charge in [0, 0.05) is 36.3 Å². The Morgan fingerprint density at radius 3 is 2.81 bits per heavy atom. The molecular formula is C27H25N5O3S. The number of aromatic hydroxyl groups is 1. The van der Waals surface area contributed by atoms with Crippen molar-refractivity contribution in [2.24, 2.45) is 10.7 Å². The van der Waals surface area contributed by atoms with Crippen molar-refractivity contribution >= 4 is 33.0 Å². The zero-order chi connectivity index (χ0) is 24.7. The maximum absolute atomic E-state index is 13.5. The first-order valence-corrected chi connectivity index (χ1v) is 13.2. The number of nitrogens with zero attached hydrogens (tertiary/aromatic N) is 4. The number of aliphatic imine (C=N–C) groups is 1. The lowest BCUT2D eigenvalue weighted by Gasteiger charge is -2.41. The number of phenols is 1. The zero-order valence-electron chi connectivity index (χ0n) is 19.9. The van der Waals surface area contributed by atoms with E-state index in [0.29, 0.717) is 46.5 Å². The van der Waals surface area contributed by atoms with E-state index in [0.717, 1.165) is 55.0 Å². The maximum atomic E-state index is 13.5. The molecule has 9 heteroatoms. The number of ketones is 1. The number of methoxy groups -OCH3 is 1. The number of allylic oxidation sites excluding steroid dienone is 3. The second-order valence-electron chi connectivity index (χ2n) is 9.95. The van der Waals surface area contributed by atoms with Crippen LogP contribution in [0.5, 0.6) is 11.5 Å². The van der Waals surface area contributed by atoms with Gasteiger partial charge in [-0.25, -0.2) is 4.99 Å². The Morgan fingerprint density at radius 1 is 1.25 bits per heavy atom. The van der Waals surface area contributed by atoms with Gasteiger partial charge < -0.3 is 20.5 Å². The number of benzene rings is 1. The molecule has 5 aliphatic heterocycles. The summed E-state index contributed by atoms with van der Waals surface area (Å²) in [5.41, 5.74) is 11.6. The molecular weight excluding hydrogens is 474 g/mol. The SMILES string of the molecule is COc1cc(C2C(C#N)=C3N=C(N)c4c(sc5c4C4CCN5CC4)N3C3=C2C(=O)CCC3)ccc1O. The van der Waals surface area contributed by atoms with Crippen molar-refractivity contribution in [3.8, 4) is 17.6 Å². The molecule has 0 spiro atoms. The number of piperidine rings is 1. The summed E-state index contributed by atoms with van der Waals surface area (Å²) in [6, 6.07) is 7.38. The molecule has 6 aliphatic rings. The summed E-state index contributed by atoms with van der Waals surface area (Å²) in [6.07, 6.45) is 4.16. The number of hydrogen-bond donors (Lipinski definition) is 2. The first kappa shape index (κ1) is 21.5. The van der Waals surface area contributed by atoms with Crippen molar-refractivity contribution in [3.05, 3.63) is 57.6 Å². The van der Waals surface area contributed by atoms with E-state index < -0.39 is 5.92 Å². The van der Waals surface area contributed by atoms with Gasteiger partial charge in [-0.15, -0.1) is 0 Å². The number of thiophene rings is 1. The Kier molecular flexibility index (Phi) is 4.55. The molecule has 182 valence electrons. The number of fused-ring (bicyclic) bond motifs is 6. The summed E-state index contributed by atoms with van der Waals surface area (Å²) in [6.45, 7) is 2.11. The van der Waals surface area contributed by atoms with Crippen molar-refractivity contribution in [1.29, 1.82) is 5.26 Å². The predicted octanol–water partition coefficient (Wildman–Crippen LogP) is 4.22. The van der Waals surface area contributed by atoms with Gasteiger partial charge in [-0.05, 0) is 49.3 Å². The third kappa shape index (κ3) is 2.73. The van der Waals surface area contributed by atoms with Crippen molar-refractivity contribution in [1.82, 2.24) is 0 Å². The van der Waals surface area contributed by atoms with E-state index in [1.807, 2.05) is 0 Å². The number of Topliss-reactive ketones (excluding diaryl/α,β-unsaturated/α-hetero) is 1. The molecule has 2 aromatic rings. The number of phenolic OH excluding ortho intramolecular Hbond substituents is 1. The van der Waals surface area contributed by atoms with Crippen LogP contribution < -0.4 is 20.3 Å². The minimum Gasteiger partial charge on any atom is -0.504 e. The molecule has 1 fully saturated rings. The molecule has 1 atom stereocenters. The molecule has 1 aromatic carbocycles. The van der Waals surface area contributed by atoms with Gasteiger partial charge in [0.15, 0.2) is 23.1 Å². The first-order valence-electron chi connectivity index (χ1n) is 12.4. The van der Waals surface area contributed by atoms with Crippen LogP contribution in [0, 0.1) is 11.3 Å². The summed E-state index contributed by atoms with van der Waals surface area (Å²) in [7, 11) is 1.48. The average molecular weight is 500 g/mol. The van der Waals surface area contributed by atoms with Crippen LogP contribution in [0.3, 0.4) is 0 Å². The highest BCUT2D eigenvalue weighted by Gasteiger charge is 2.46. The highest BCUT2D eigenvalue weighted by Crippen LogP contribution is 2.58. The van der Waals surface area contributed by atoms with Gasteiger partial charge in [0.2, 0.25) is 0 Å². The number of nitriles is 1. The highest BCUT2D eigenvalue weighted by atomic mass is 32.1. The number of ether oxygens (including phenoxy) is 1. The van der Waals surface area contributed by atoms with Crippen LogP contribution in [0.1, 0.15) is 60.6 Å². The molecule has 6 heterocycles. The number of rotatable bonds is 2. The van der Waals surface area contributed by atoms with Crippen LogP contribution in [0.15, 0.2) is 45.9 Å². The van der Waals surface area contributed by atoms with E-state index in [2.05, 4.69) is 15.9 Å². The number of amidine groups is 1. The molecule has 2 bridgehead atoms. The van der Waals surface area contributed by atoms with Crippen LogP contribution in [0.2, 0.25) is 0 Å². The standard InChI is InChI=1S/C27H25N5O3S/c1-35-19-11-14(5-6-17(19)33)20-15(12-28)25-30-24(29)23-21-13-7-9-31(10-8-13)26(21)36-27(23)32(25)16-3-2-4-18(34)22(16)20/h5-6,11,13,20,33H,2-4,7-10H2,1H3,(H2,29,30). The first-order chi connectivity index (χ1) is 17.5. The Balaban J connectivity index is 1.50. The van der Waals surface area contributed by atoms with Gasteiger partial charge in [0.05, 0.1) is 35.2 Å². The van der Waals surface area contributed by atoms with Gasteiger partial charge in [-0.2, -0.15) is 5.26 Å². The number of nitrogens with two attached hydrogens (primary N) is 1. The third-order valence-corrected chi connectivity index (χ3v) is 9.42. The van der Waals surface area contributed by atoms with Gasteiger partial charge in [0.1, 0.15) is 10.8 Å². The Labute approximate surface area is 212 Å². The lowest BCUT2D eigenvalue weighted by atomic mass is 9.75. The number of hydrogen-bond acceptors (Lipinski definition) is 9. The monoisotopic (exact) mass is 499 g/mol. The van der Waals surface area contributed by atoms with Crippen LogP contribution in [0.4, 0.5) is 10.0 Å². The summed E-state index contributed by atoms with van der Waals surface area (Å²) in [4.78, 5) is 22.9. The molecule has 8 nitrogen and oxygen atoms in total. The molecule has 1 aromatic heterocycles. The number of anilines is 2. The summed E-state index contributed by atoms with van der Waals surface area (Å²) in [5, 5.41) is 22.9. The second-order valence-corrected chi connectivity index (χ2v) is 10.9. The van der Waals surface area contributed by atoms with Gasteiger partial charge in [-0.1, -0.05) is 17.4 Å². The minimum atomic E-state index is -0.592. The van der Waals surface area contributed by atoms with Crippen molar-refractivity contribution in [2.75, 3.05) is 30.0 Å². The molecule has 3 N–H and O–H groups in total. The zero-order valence-corrected chi connectivity index (χ0v) is 20.7. The molecule has 0 saturated carbocycles. The molecule has 1 saturated heterocycles. The van der Waals surface area contributed by atoms with Crippen LogP contribution in [0.25, 0.3) is 0 Å².